The minimum Gasteiger partial charge on any atom is -0.748 e. The van der Waals surface area contributed by atoms with E-state index in [0.29, 0.717) is 42.4 Å². The van der Waals surface area contributed by atoms with E-state index in [-0.39, 0.29) is 71.0 Å². The maximum absolute atomic E-state index is 12.2. The minimum atomic E-state index is -4.32. The van der Waals surface area contributed by atoms with E-state index in [2.05, 4.69) is 26.1 Å². The molecule has 0 aromatic heterocycles. The fourth-order valence-electron chi connectivity index (χ4n) is 9.12. The minimum absolute atomic E-state index is 0. The molecule has 4 aliphatic rings. The Morgan fingerprint density at radius 2 is 1.80 bits per heavy atom. The van der Waals surface area contributed by atoms with E-state index in [4.69, 9.17) is 0 Å². The Labute approximate surface area is 233 Å². The molecule has 8 unspecified atom stereocenters. The summed E-state index contributed by atoms with van der Waals surface area (Å²) in [6, 6.07) is 0. The summed E-state index contributed by atoms with van der Waals surface area (Å²) in [6.45, 7) is 6.78. The first-order valence-corrected chi connectivity index (χ1v) is 15.0. The van der Waals surface area contributed by atoms with Gasteiger partial charge in [-0.1, -0.05) is 20.8 Å². The normalized spacial score (nSPS) is 43.8. The van der Waals surface area contributed by atoms with Crippen molar-refractivity contribution in [3.63, 3.8) is 0 Å². The van der Waals surface area contributed by atoms with Gasteiger partial charge in [-0.25, -0.2) is 8.42 Å². The van der Waals surface area contributed by atoms with Crippen molar-refractivity contribution in [3.05, 3.63) is 0 Å². The number of hydrogen-bond acceptors (Lipinski definition) is 6. The van der Waals surface area contributed by atoms with Crippen LogP contribution in [0.2, 0.25) is 0 Å². The van der Waals surface area contributed by atoms with Gasteiger partial charge < -0.3 is 20.1 Å². The molecule has 3 N–H and O–H groups in total. The van der Waals surface area contributed by atoms with Crippen LogP contribution in [0.15, 0.2) is 0 Å². The van der Waals surface area contributed by atoms with Crippen molar-refractivity contribution in [2.45, 2.75) is 97.2 Å². The van der Waals surface area contributed by atoms with Crippen molar-refractivity contribution in [1.29, 1.82) is 0 Å². The van der Waals surface area contributed by atoms with Crippen LogP contribution >= 0.6 is 0 Å². The molecule has 7 nitrogen and oxygen atoms in total. The second-order valence-electron chi connectivity index (χ2n) is 12.5. The summed E-state index contributed by atoms with van der Waals surface area (Å²) in [5.74, 6) is 2.10. The summed E-state index contributed by atoms with van der Waals surface area (Å²) in [5, 5.41) is 24.4. The van der Waals surface area contributed by atoms with Gasteiger partial charge in [0, 0.05) is 13.0 Å². The van der Waals surface area contributed by atoms with Gasteiger partial charge in [-0.2, -0.15) is 0 Å². The molecule has 0 aliphatic heterocycles. The molecular weight excluding hydrogens is 477 g/mol. The van der Waals surface area contributed by atoms with Gasteiger partial charge in [0.2, 0.25) is 5.91 Å². The third-order valence-electron chi connectivity index (χ3n) is 11.0. The zero-order valence-electron chi connectivity index (χ0n) is 22.0. The molecule has 0 bridgehead atoms. The number of carbonyl (C=O) groups excluding carboxylic acids is 1. The molecule has 10 atom stereocenters. The average molecular weight is 522 g/mol. The predicted octanol–water partition coefficient (Wildman–Crippen LogP) is 0.0587. The van der Waals surface area contributed by atoms with Crippen LogP contribution in [-0.4, -0.2) is 53.6 Å². The van der Waals surface area contributed by atoms with Crippen LogP contribution in [0.1, 0.15) is 85.0 Å². The maximum Gasteiger partial charge on any atom is 1.00 e. The summed E-state index contributed by atoms with van der Waals surface area (Å²) in [5.41, 5.74) is 0.0922. The molecule has 4 rings (SSSR count). The molecule has 0 heterocycles. The number of nitrogens with one attached hydrogen (secondary N) is 1. The molecule has 9 heteroatoms. The van der Waals surface area contributed by atoms with E-state index < -0.39 is 15.9 Å². The number of rotatable bonds is 7. The van der Waals surface area contributed by atoms with Crippen LogP contribution in [0.4, 0.5) is 0 Å². The maximum atomic E-state index is 12.2. The molecule has 0 aromatic carbocycles. The third kappa shape index (κ3) is 5.84. The molecule has 196 valence electrons. The van der Waals surface area contributed by atoms with Crippen molar-refractivity contribution >= 4 is 16.0 Å². The fourth-order valence-corrected chi connectivity index (χ4v) is 9.48. The van der Waals surface area contributed by atoms with Gasteiger partial charge in [0.1, 0.15) is 0 Å². The smallest absolute Gasteiger partial charge is 0.748 e. The van der Waals surface area contributed by atoms with Crippen LogP contribution in [0.5, 0.6) is 0 Å². The topological polar surface area (TPSA) is 127 Å². The van der Waals surface area contributed by atoms with E-state index in [1.165, 1.54) is 12.8 Å². The molecule has 0 saturated heterocycles. The molecule has 1 amide bonds. The Kier molecular flexibility index (Phi) is 9.54. The molecule has 4 aliphatic carbocycles. The zero-order chi connectivity index (χ0) is 24.9. The van der Waals surface area contributed by atoms with E-state index in [0.717, 1.165) is 38.5 Å². The van der Waals surface area contributed by atoms with Crippen molar-refractivity contribution in [2.24, 2.45) is 46.3 Å². The van der Waals surface area contributed by atoms with Crippen LogP contribution in [-0.2, 0) is 14.9 Å². The Morgan fingerprint density at radius 1 is 1.09 bits per heavy atom. The first-order valence-electron chi connectivity index (χ1n) is 13.4. The Morgan fingerprint density at radius 3 is 2.49 bits per heavy atom. The summed E-state index contributed by atoms with van der Waals surface area (Å²) >= 11 is 0. The van der Waals surface area contributed by atoms with E-state index >= 15 is 0 Å². The van der Waals surface area contributed by atoms with Gasteiger partial charge in [0.05, 0.1) is 28.1 Å². The number of aliphatic hydroxyl groups is 2. The SMILES string of the molecule is CC(CCC(=O)NCCS(=O)(=O)[O-])C1CCC2C3CCC4CC(O)CC[C@]4(C)C3CC(O)[C@]12C.[Na+]. The van der Waals surface area contributed by atoms with E-state index in [1.807, 2.05) is 0 Å². The summed E-state index contributed by atoms with van der Waals surface area (Å²) < 4.78 is 32.2. The first-order chi connectivity index (χ1) is 15.9. The molecule has 0 radical (unpaired) electrons. The molecule has 4 saturated carbocycles. The van der Waals surface area contributed by atoms with Gasteiger partial charge in [0.25, 0.3) is 0 Å². The van der Waals surface area contributed by atoms with Gasteiger partial charge in [-0.15, -0.1) is 0 Å². The van der Waals surface area contributed by atoms with E-state index in [9.17, 15) is 28.0 Å². The summed E-state index contributed by atoms with van der Waals surface area (Å²) in [4.78, 5) is 12.2. The summed E-state index contributed by atoms with van der Waals surface area (Å²) in [6.07, 6.45) is 8.85. The zero-order valence-corrected chi connectivity index (χ0v) is 24.9. The van der Waals surface area contributed by atoms with Crippen molar-refractivity contribution in [2.75, 3.05) is 12.3 Å². The quantitative estimate of drug-likeness (QED) is 0.321. The summed E-state index contributed by atoms with van der Waals surface area (Å²) in [7, 11) is -4.32. The monoisotopic (exact) mass is 521 g/mol. The molecular formula is C26H44NNaO6S. The number of amides is 1. The Hall–Kier alpha value is 0.300. The van der Waals surface area contributed by atoms with Gasteiger partial charge in [-0.3, -0.25) is 4.79 Å². The first kappa shape index (κ1) is 29.9. The van der Waals surface area contributed by atoms with E-state index in [1.54, 1.807) is 0 Å². The number of carbonyl (C=O) groups is 1. The molecule has 35 heavy (non-hydrogen) atoms. The van der Waals surface area contributed by atoms with Crippen molar-refractivity contribution in [1.82, 2.24) is 5.32 Å². The number of fused-ring (bicyclic) bond motifs is 5. The van der Waals surface area contributed by atoms with Gasteiger partial charge in [-0.05, 0) is 104 Å². The van der Waals surface area contributed by atoms with Crippen LogP contribution in [0.3, 0.4) is 0 Å². The molecule has 0 spiro atoms. The Balaban J connectivity index is 0.00000342. The predicted molar refractivity (Wildman–Crippen MR) is 129 cm³/mol. The second-order valence-corrected chi connectivity index (χ2v) is 14.0. The third-order valence-corrected chi connectivity index (χ3v) is 11.7. The second kappa shape index (κ2) is 11.2. The molecule has 0 aromatic rings. The number of hydrogen-bond donors (Lipinski definition) is 3. The average Bonchev–Trinajstić information content (AvgIpc) is 3.11. The largest absolute Gasteiger partial charge is 1.00 e. The standard InChI is InChI=1S/C26H45NO6S.Na/c1-16(4-9-24(30)27-12-13-34(31,32)33)20-7-8-21-19-6-5-17-14-18(28)10-11-25(17,2)22(19)15-23(29)26(20,21)3;/h16-23,28-29H,4-15H2,1-3H3,(H,27,30)(H,31,32,33);/q;+1/p-1/t16?,17?,18?,19?,20?,21?,22?,23?,25-,26+;/m0./s1. The molecule has 4 fully saturated rings. The van der Waals surface area contributed by atoms with Crippen LogP contribution in [0.25, 0.3) is 0 Å². The van der Waals surface area contributed by atoms with Crippen molar-refractivity contribution in [3.8, 4) is 0 Å². The van der Waals surface area contributed by atoms with Crippen LogP contribution in [0, 0.1) is 46.3 Å². The van der Waals surface area contributed by atoms with Crippen LogP contribution < -0.4 is 34.9 Å². The van der Waals surface area contributed by atoms with Gasteiger partial charge in [0.15, 0.2) is 0 Å². The fraction of sp³-hybridized carbons (Fsp3) is 0.962. The van der Waals surface area contributed by atoms with Gasteiger partial charge >= 0.3 is 29.6 Å². The van der Waals surface area contributed by atoms with Crippen molar-refractivity contribution < 1.29 is 57.5 Å². The number of aliphatic hydroxyl groups excluding tert-OH is 2. The Bertz CT molecular complexity index is 870.